The summed E-state index contributed by atoms with van der Waals surface area (Å²) in [6.45, 7) is 0.854. The SMILES string of the molecule is COc1ccc(OCC2(C(=O)O)CCCCN2)cc1. The molecule has 0 amide bonds. The largest absolute Gasteiger partial charge is 0.497 e. The van der Waals surface area contributed by atoms with E-state index in [9.17, 15) is 9.90 Å². The molecule has 0 bridgehead atoms. The normalized spacial score (nSPS) is 22.8. The van der Waals surface area contributed by atoms with Crippen LogP contribution < -0.4 is 14.8 Å². The molecule has 1 heterocycles. The maximum Gasteiger partial charge on any atom is 0.327 e. The van der Waals surface area contributed by atoms with Crippen molar-refractivity contribution in [2.45, 2.75) is 24.8 Å². The number of carbonyl (C=O) groups is 1. The van der Waals surface area contributed by atoms with E-state index < -0.39 is 11.5 Å². The van der Waals surface area contributed by atoms with Crippen molar-refractivity contribution >= 4 is 5.97 Å². The lowest BCUT2D eigenvalue weighted by Gasteiger charge is -2.34. The standard InChI is InChI=1S/C14H19NO4/c1-18-11-4-6-12(7-5-11)19-10-14(13(16)17)8-2-3-9-15-14/h4-7,15H,2-3,8-10H2,1H3,(H,16,17). The first kappa shape index (κ1) is 13.7. The molecule has 1 atom stereocenters. The number of hydrogen-bond acceptors (Lipinski definition) is 4. The smallest absolute Gasteiger partial charge is 0.327 e. The van der Waals surface area contributed by atoms with Crippen LogP contribution in [0.15, 0.2) is 24.3 Å². The molecule has 0 saturated carbocycles. The molecule has 0 aliphatic carbocycles. The second kappa shape index (κ2) is 5.93. The highest BCUT2D eigenvalue weighted by Crippen LogP contribution is 2.23. The third-order valence-corrected chi connectivity index (χ3v) is 3.45. The molecule has 5 nitrogen and oxygen atoms in total. The zero-order valence-corrected chi connectivity index (χ0v) is 11.0. The highest BCUT2D eigenvalue weighted by Gasteiger charge is 2.40. The molecule has 1 fully saturated rings. The Morgan fingerprint density at radius 3 is 2.53 bits per heavy atom. The van der Waals surface area contributed by atoms with Gasteiger partial charge in [-0.15, -0.1) is 0 Å². The van der Waals surface area contributed by atoms with E-state index in [0.29, 0.717) is 12.2 Å². The molecule has 5 heteroatoms. The van der Waals surface area contributed by atoms with Crippen molar-refractivity contribution in [3.63, 3.8) is 0 Å². The average molecular weight is 265 g/mol. The Balaban J connectivity index is 2.00. The maximum atomic E-state index is 11.4. The molecule has 1 saturated heterocycles. The second-order valence-electron chi connectivity index (χ2n) is 4.74. The highest BCUT2D eigenvalue weighted by molar-refractivity contribution is 5.79. The van der Waals surface area contributed by atoms with Crippen LogP contribution in [0.25, 0.3) is 0 Å². The molecular formula is C14H19NO4. The van der Waals surface area contributed by atoms with Crippen LogP contribution in [0.4, 0.5) is 0 Å². The Bertz CT molecular complexity index is 424. The lowest BCUT2D eigenvalue weighted by molar-refractivity contribution is -0.147. The summed E-state index contributed by atoms with van der Waals surface area (Å²) in [5, 5.41) is 12.5. The monoisotopic (exact) mass is 265 g/mol. The molecule has 1 aromatic rings. The number of carboxylic acid groups (broad SMARTS) is 1. The minimum absolute atomic E-state index is 0.134. The van der Waals surface area contributed by atoms with Gasteiger partial charge in [-0.1, -0.05) is 0 Å². The van der Waals surface area contributed by atoms with Crippen LogP contribution in [0.3, 0.4) is 0 Å². The number of rotatable bonds is 5. The summed E-state index contributed by atoms with van der Waals surface area (Å²) in [5.41, 5.74) is -0.960. The Labute approximate surface area is 112 Å². The number of carboxylic acids is 1. The summed E-state index contributed by atoms with van der Waals surface area (Å²) in [5.74, 6) is 0.547. The van der Waals surface area contributed by atoms with Crippen LogP contribution in [0.1, 0.15) is 19.3 Å². The summed E-state index contributed by atoms with van der Waals surface area (Å²) >= 11 is 0. The third kappa shape index (κ3) is 3.17. The zero-order valence-electron chi connectivity index (χ0n) is 11.0. The molecule has 0 radical (unpaired) electrons. The van der Waals surface area contributed by atoms with E-state index in [1.807, 2.05) is 0 Å². The molecule has 2 rings (SSSR count). The van der Waals surface area contributed by atoms with Crippen molar-refractivity contribution in [3.8, 4) is 11.5 Å². The van der Waals surface area contributed by atoms with Gasteiger partial charge in [-0.2, -0.15) is 0 Å². The third-order valence-electron chi connectivity index (χ3n) is 3.45. The van der Waals surface area contributed by atoms with Gasteiger partial charge in [0, 0.05) is 0 Å². The fraction of sp³-hybridized carbons (Fsp3) is 0.500. The molecule has 1 aliphatic rings. The van der Waals surface area contributed by atoms with Crippen LogP contribution in [0.2, 0.25) is 0 Å². The lowest BCUT2D eigenvalue weighted by atomic mass is 9.90. The molecule has 1 aromatic carbocycles. The molecule has 0 aromatic heterocycles. The van der Waals surface area contributed by atoms with E-state index in [4.69, 9.17) is 9.47 Å². The molecule has 19 heavy (non-hydrogen) atoms. The Kier molecular flexibility index (Phi) is 4.27. The number of hydrogen-bond donors (Lipinski definition) is 2. The maximum absolute atomic E-state index is 11.4. The second-order valence-corrected chi connectivity index (χ2v) is 4.74. The molecule has 104 valence electrons. The van der Waals surface area contributed by atoms with E-state index in [-0.39, 0.29) is 6.61 Å². The van der Waals surface area contributed by atoms with Crippen LogP contribution in [-0.4, -0.2) is 36.9 Å². The van der Waals surface area contributed by atoms with Crippen molar-refractivity contribution < 1.29 is 19.4 Å². The van der Waals surface area contributed by atoms with Crippen molar-refractivity contribution in [3.05, 3.63) is 24.3 Å². The first-order chi connectivity index (χ1) is 9.16. The topological polar surface area (TPSA) is 67.8 Å². The van der Waals surface area contributed by atoms with E-state index >= 15 is 0 Å². The summed E-state index contributed by atoms with van der Waals surface area (Å²) in [6, 6.07) is 7.13. The van der Waals surface area contributed by atoms with Gasteiger partial charge in [0.05, 0.1) is 7.11 Å². The van der Waals surface area contributed by atoms with Crippen LogP contribution >= 0.6 is 0 Å². The van der Waals surface area contributed by atoms with Crippen molar-refractivity contribution in [2.24, 2.45) is 0 Å². The minimum atomic E-state index is -0.960. The van der Waals surface area contributed by atoms with Gasteiger partial charge in [0.2, 0.25) is 0 Å². The van der Waals surface area contributed by atoms with Gasteiger partial charge in [0.25, 0.3) is 0 Å². The predicted molar refractivity (Wildman–Crippen MR) is 70.7 cm³/mol. The lowest BCUT2D eigenvalue weighted by Crippen LogP contribution is -2.58. The molecule has 2 N–H and O–H groups in total. The van der Waals surface area contributed by atoms with Gasteiger partial charge >= 0.3 is 5.97 Å². The van der Waals surface area contributed by atoms with Gasteiger partial charge in [-0.3, -0.25) is 10.1 Å². The summed E-state index contributed by atoms with van der Waals surface area (Å²) in [7, 11) is 1.60. The number of piperidine rings is 1. The Morgan fingerprint density at radius 1 is 1.32 bits per heavy atom. The molecule has 0 spiro atoms. The summed E-state index contributed by atoms with van der Waals surface area (Å²) in [6.07, 6.45) is 2.52. The number of benzene rings is 1. The predicted octanol–water partition coefficient (Wildman–Crippen LogP) is 1.67. The van der Waals surface area contributed by atoms with Crippen molar-refractivity contribution in [1.82, 2.24) is 5.32 Å². The van der Waals surface area contributed by atoms with Crippen LogP contribution in [0.5, 0.6) is 11.5 Å². The molecule has 1 aliphatic heterocycles. The summed E-state index contributed by atoms with van der Waals surface area (Å²) < 4.78 is 10.7. The van der Waals surface area contributed by atoms with E-state index in [2.05, 4.69) is 5.32 Å². The van der Waals surface area contributed by atoms with Gasteiger partial charge in [0.15, 0.2) is 5.54 Å². The van der Waals surface area contributed by atoms with Gasteiger partial charge in [-0.05, 0) is 50.1 Å². The average Bonchev–Trinajstić information content (AvgIpc) is 2.46. The molecular weight excluding hydrogens is 246 g/mol. The van der Waals surface area contributed by atoms with Crippen molar-refractivity contribution in [1.29, 1.82) is 0 Å². The van der Waals surface area contributed by atoms with Gasteiger partial charge < -0.3 is 14.6 Å². The van der Waals surface area contributed by atoms with Gasteiger partial charge in [-0.25, -0.2) is 0 Å². The minimum Gasteiger partial charge on any atom is -0.497 e. The van der Waals surface area contributed by atoms with Crippen molar-refractivity contribution in [2.75, 3.05) is 20.3 Å². The van der Waals surface area contributed by atoms with E-state index in [1.165, 1.54) is 0 Å². The highest BCUT2D eigenvalue weighted by atomic mass is 16.5. The molecule has 1 unspecified atom stereocenters. The number of aliphatic carboxylic acids is 1. The van der Waals surface area contributed by atoms with E-state index in [0.717, 1.165) is 25.1 Å². The first-order valence-electron chi connectivity index (χ1n) is 6.41. The number of ether oxygens (including phenoxy) is 2. The van der Waals surface area contributed by atoms with E-state index in [1.54, 1.807) is 31.4 Å². The Morgan fingerprint density at radius 2 is 2.00 bits per heavy atom. The number of methoxy groups -OCH3 is 1. The quantitative estimate of drug-likeness (QED) is 0.847. The Hall–Kier alpha value is -1.75. The number of nitrogens with one attached hydrogen (secondary N) is 1. The van der Waals surface area contributed by atoms with Crippen LogP contribution in [-0.2, 0) is 4.79 Å². The fourth-order valence-corrected chi connectivity index (χ4v) is 2.21. The first-order valence-corrected chi connectivity index (χ1v) is 6.41. The van der Waals surface area contributed by atoms with Crippen LogP contribution in [0, 0.1) is 0 Å². The summed E-state index contributed by atoms with van der Waals surface area (Å²) in [4.78, 5) is 11.4. The fourth-order valence-electron chi connectivity index (χ4n) is 2.21. The van der Waals surface area contributed by atoms with Gasteiger partial charge in [0.1, 0.15) is 18.1 Å². The zero-order chi connectivity index (χ0) is 13.7.